The van der Waals surface area contributed by atoms with Crippen LogP contribution in [0.2, 0.25) is 0 Å². The summed E-state index contributed by atoms with van der Waals surface area (Å²) in [5, 5.41) is 11.6. The molecule has 0 spiro atoms. The van der Waals surface area contributed by atoms with Crippen molar-refractivity contribution >= 4 is 120 Å². The van der Waals surface area contributed by atoms with Crippen molar-refractivity contribution in [1.29, 1.82) is 0 Å². The minimum Gasteiger partial charge on any atom is -0.457 e. The van der Waals surface area contributed by atoms with E-state index in [1.807, 2.05) is 61.0 Å². The van der Waals surface area contributed by atoms with E-state index in [2.05, 4.69) is 357 Å². The number of nitrogens with one attached hydrogen (secondary N) is 2. The molecular weight excluding hydrogens is 1290 g/mol. The Labute approximate surface area is 536 Å². The predicted octanol–water partition coefficient (Wildman–Crippen LogP) is 21.5. The lowest BCUT2D eigenvalue weighted by molar-refractivity contribution is 0.483. The fraction of sp³-hybridized carbons (Fsp3) is 0. The summed E-state index contributed by atoms with van der Waals surface area (Å²) in [6.07, 6.45) is 20.6. The molecule has 420 valence electrons. The van der Waals surface area contributed by atoms with Gasteiger partial charge in [-0.25, -0.2) is 0 Å². The maximum atomic E-state index is 6.53. The molecule has 0 heterocycles. The quantitative estimate of drug-likeness (QED) is 0.0624. The highest BCUT2D eigenvalue weighted by atomic mass is 127. The van der Waals surface area contributed by atoms with E-state index >= 15 is 0 Å². The van der Waals surface area contributed by atoms with Crippen molar-refractivity contribution in [3.63, 3.8) is 0 Å². The fourth-order valence-corrected chi connectivity index (χ4v) is 11.4. The summed E-state index contributed by atoms with van der Waals surface area (Å²) in [5.74, 6) is 1.50. The molecule has 0 unspecified atom stereocenters. The normalized spacial score (nSPS) is 12.0. The van der Waals surface area contributed by atoms with Gasteiger partial charge in [0.25, 0.3) is 0 Å². The van der Waals surface area contributed by atoms with Gasteiger partial charge in [-0.1, -0.05) is 188 Å². The minimum absolute atomic E-state index is 0.749. The first-order valence-electron chi connectivity index (χ1n) is 28.8. The van der Waals surface area contributed by atoms with Crippen molar-refractivity contribution in [2.75, 3.05) is 20.4 Å². The van der Waals surface area contributed by atoms with Gasteiger partial charge >= 0.3 is 0 Å². The first-order valence-corrected chi connectivity index (χ1v) is 31.0. The molecule has 5 nitrogen and oxygen atoms in total. The molecular formula is C80H60I2N4O. The van der Waals surface area contributed by atoms with Crippen LogP contribution in [-0.4, -0.2) is 0 Å². The molecule has 12 aromatic carbocycles. The average molecular weight is 1350 g/mol. The summed E-state index contributed by atoms with van der Waals surface area (Å²) in [6, 6.07) is 102. The molecule has 0 fully saturated rings. The van der Waals surface area contributed by atoms with Crippen LogP contribution in [-0.2, 0) is 0 Å². The monoisotopic (exact) mass is 1350 g/mol. The van der Waals surface area contributed by atoms with Crippen molar-refractivity contribution in [2.24, 2.45) is 0 Å². The number of ether oxygens (including phenoxy) is 1. The number of hydrogen-bond donors (Lipinski definition) is 2. The van der Waals surface area contributed by atoms with Crippen LogP contribution in [0.4, 0.5) is 45.5 Å². The molecule has 0 aromatic heterocycles. The van der Waals surface area contributed by atoms with Gasteiger partial charge in [0.2, 0.25) is 0 Å². The Kier molecular flexibility index (Phi) is 18.7. The topological polar surface area (TPSA) is 39.8 Å². The molecule has 0 aliphatic heterocycles. The Bertz CT molecular complexity index is 4520. The van der Waals surface area contributed by atoms with Crippen molar-refractivity contribution in [2.45, 2.75) is 0 Å². The molecule has 0 saturated carbocycles. The van der Waals surface area contributed by atoms with E-state index < -0.39 is 0 Å². The highest BCUT2D eigenvalue weighted by Gasteiger charge is 2.16. The third kappa shape index (κ3) is 15.1. The number of hydrogen-bond acceptors (Lipinski definition) is 5. The lowest BCUT2D eigenvalue weighted by Gasteiger charge is -2.26. The summed E-state index contributed by atoms with van der Waals surface area (Å²) >= 11 is 4.77. The zero-order valence-electron chi connectivity index (χ0n) is 47.5. The van der Waals surface area contributed by atoms with Gasteiger partial charge in [-0.2, -0.15) is 0 Å². The van der Waals surface area contributed by atoms with Crippen LogP contribution < -0.4 is 35.6 Å². The SMILES string of the molecule is Ic1cccc(N(c2ccc(Oc3ccc(N(c4ccc(-c5ccc(N/C=C/C=c6/cccc/c6=C/c6ccccc6)cc5)cc4)c4cccc(I)c4)cc3)cc2)c2ccc(-c3ccc(\C=C/C=C\C=C\Nc4ccc5ccccc5c4)cc3)cc2)c1. The van der Waals surface area contributed by atoms with Gasteiger partial charge in [0.15, 0.2) is 0 Å². The van der Waals surface area contributed by atoms with Gasteiger partial charge in [0.1, 0.15) is 11.5 Å². The Hall–Kier alpha value is -9.94. The van der Waals surface area contributed by atoms with Crippen molar-refractivity contribution in [3.05, 3.63) is 363 Å². The lowest BCUT2D eigenvalue weighted by atomic mass is 10.0. The van der Waals surface area contributed by atoms with E-state index in [1.54, 1.807) is 0 Å². The van der Waals surface area contributed by atoms with E-state index in [0.717, 1.165) is 97.2 Å². The van der Waals surface area contributed by atoms with Crippen LogP contribution in [0.1, 0.15) is 11.1 Å². The fourth-order valence-electron chi connectivity index (χ4n) is 10.3. The molecule has 0 amide bonds. The maximum absolute atomic E-state index is 6.53. The molecule has 12 rings (SSSR count). The second kappa shape index (κ2) is 28.3. The van der Waals surface area contributed by atoms with Gasteiger partial charge < -0.3 is 25.2 Å². The minimum atomic E-state index is 0.749. The number of anilines is 8. The highest BCUT2D eigenvalue weighted by molar-refractivity contribution is 14.1. The number of allylic oxidation sites excluding steroid dienone is 5. The van der Waals surface area contributed by atoms with E-state index in [0.29, 0.717) is 0 Å². The van der Waals surface area contributed by atoms with E-state index in [1.165, 1.54) is 21.6 Å². The van der Waals surface area contributed by atoms with Crippen LogP contribution >= 0.6 is 45.2 Å². The average Bonchev–Trinajstić information content (AvgIpc) is 3.75. The zero-order chi connectivity index (χ0) is 59.0. The van der Waals surface area contributed by atoms with Crippen LogP contribution in [0.25, 0.3) is 51.3 Å². The molecule has 0 aliphatic rings. The molecule has 12 aromatic rings. The van der Waals surface area contributed by atoms with Gasteiger partial charge in [0.05, 0.1) is 0 Å². The number of fused-ring (bicyclic) bond motifs is 1. The second-order valence-corrected chi connectivity index (χ2v) is 23.2. The van der Waals surface area contributed by atoms with Gasteiger partial charge in [0, 0.05) is 65.0 Å². The van der Waals surface area contributed by atoms with Crippen LogP contribution in [0.15, 0.2) is 334 Å². The van der Waals surface area contributed by atoms with Crippen molar-refractivity contribution < 1.29 is 4.74 Å². The Balaban J connectivity index is 0.685. The van der Waals surface area contributed by atoms with Crippen molar-refractivity contribution in [1.82, 2.24) is 0 Å². The third-order valence-electron chi connectivity index (χ3n) is 14.7. The highest BCUT2D eigenvalue weighted by Crippen LogP contribution is 2.40. The third-order valence-corrected chi connectivity index (χ3v) is 16.1. The Morgan fingerprint density at radius 1 is 0.310 bits per heavy atom. The Morgan fingerprint density at radius 2 is 0.770 bits per heavy atom. The van der Waals surface area contributed by atoms with Gasteiger partial charge in [-0.3, -0.25) is 0 Å². The Morgan fingerprint density at radius 3 is 1.34 bits per heavy atom. The smallest absolute Gasteiger partial charge is 0.127 e. The first kappa shape index (κ1) is 57.5. The second-order valence-electron chi connectivity index (χ2n) is 20.7. The van der Waals surface area contributed by atoms with E-state index in [-0.39, 0.29) is 0 Å². The largest absolute Gasteiger partial charge is 0.457 e. The zero-order valence-corrected chi connectivity index (χ0v) is 51.9. The molecule has 0 radical (unpaired) electrons. The predicted molar refractivity (Wildman–Crippen MR) is 386 cm³/mol. The summed E-state index contributed by atoms with van der Waals surface area (Å²) in [6.45, 7) is 0. The van der Waals surface area contributed by atoms with Crippen LogP contribution in [0.3, 0.4) is 0 Å². The summed E-state index contributed by atoms with van der Waals surface area (Å²) in [4.78, 5) is 4.57. The molecule has 0 atom stereocenters. The van der Waals surface area contributed by atoms with Crippen LogP contribution in [0, 0.1) is 7.14 Å². The van der Waals surface area contributed by atoms with Crippen LogP contribution in [0.5, 0.6) is 11.5 Å². The first-order chi connectivity index (χ1) is 42.9. The number of rotatable bonds is 19. The van der Waals surface area contributed by atoms with E-state index in [4.69, 9.17) is 4.74 Å². The molecule has 2 N–H and O–H groups in total. The van der Waals surface area contributed by atoms with Crippen molar-refractivity contribution in [3.8, 4) is 33.8 Å². The molecule has 0 aliphatic carbocycles. The number of halogens is 2. The standard InChI is InChI=1S/C80H60I2N4O/c81-69-23-12-25-77(57-69)85(73-41-34-65(35-42-73)63-29-27-59(28-30-63)15-4-1-2-11-53-84-72-40-33-62-19-8-10-21-68(62)56-72)75-45-49-79(50-46-75)87-80-51-47-76(48-52-80)86(78-26-13-24-70(82)58-78)74-43-36-66(37-44-74)64-31-38-71(39-32-64)83-54-14-22-61-18-7-9-20-67(61)55-60-16-5-3-6-17-60/h1-58,83-84H/b2-1-,15-4-,53-11+,54-14+,61-22-,67-55-. The summed E-state index contributed by atoms with van der Waals surface area (Å²) < 4.78 is 8.85. The summed E-state index contributed by atoms with van der Waals surface area (Å²) in [7, 11) is 0. The molecule has 0 saturated heterocycles. The number of nitrogens with zero attached hydrogens (tertiary/aromatic N) is 2. The summed E-state index contributed by atoms with van der Waals surface area (Å²) in [5.41, 5.74) is 15.3. The molecule has 7 heteroatoms. The lowest BCUT2D eigenvalue weighted by Crippen LogP contribution is -2.23. The van der Waals surface area contributed by atoms with Gasteiger partial charge in [-0.15, -0.1) is 0 Å². The number of benzene rings is 12. The van der Waals surface area contributed by atoms with Gasteiger partial charge in [-0.05, 0) is 251 Å². The molecule has 87 heavy (non-hydrogen) atoms. The molecule has 0 bridgehead atoms. The maximum Gasteiger partial charge on any atom is 0.127 e. The van der Waals surface area contributed by atoms with E-state index in [9.17, 15) is 0 Å².